The minimum absolute atomic E-state index is 0.696. The SMILES string of the molecule is COCc1ccccc1CN(C)CCN1CCNCC1. The highest BCUT2D eigenvalue weighted by molar-refractivity contribution is 5.26. The molecule has 1 aromatic rings. The third-order valence-corrected chi connectivity index (χ3v) is 3.87. The van der Waals surface area contributed by atoms with Crippen molar-refractivity contribution >= 4 is 0 Å². The molecule has 4 heteroatoms. The molecular weight excluding hydrogens is 250 g/mol. The lowest BCUT2D eigenvalue weighted by Crippen LogP contribution is -2.45. The second-order valence-corrected chi connectivity index (χ2v) is 5.53. The van der Waals surface area contributed by atoms with Crippen LogP contribution in [-0.2, 0) is 17.9 Å². The van der Waals surface area contributed by atoms with Crippen molar-refractivity contribution in [2.45, 2.75) is 13.2 Å². The van der Waals surface area contributed by atoms with Crippen LogP contribution in [0.3, 0.4) is 0 Å². The fourth-order valence-electron chi connectivity index (χ4n) is 2.62. The molecule has 1 aliphatic heterocycles. The normalized spacial score (nSPS) is 16.8. The monoisotopic (exact) mass is 277 g/mol. The maximum absolute atomic E-state index is 5.27. The van der Waals surface area contributed by atoms with Crippen molar-refractivity contribution in [1.29, 1.82) is 0 Å². The Kier molecular flexibility index (Phi) is 6.47. The van der Waals surface area contributed by atoms with E-state index >= 15 is 0 Å². The number of ether oxygens (including phenoxy) is 1. The van der Waals surface area contributed by atoms with Gasteiger partial charge in [-0.25, -0.2) is 0 Å². The topological polar surface area (TPSA) is 27.7 Å². The Morgan fingerprint density at radius 3 is 2.60 bits per heavy atom. The molecule has 0 unspecified atom stereocenters. The van der Waals surface area contributed by atoms with Gasteiger partial charge in [0.05, 0.1) is 6.61 Å². The Hall–Kier alpha value is -0.940. The first kappa shape index (κ1) is 15.4. The van der Waals surface area contributed by atoms with Crippen LogP contribution in [-0.4, -0.2) is 63.2 Å². The number of benzene rings is 1. The number of hydrogen-bond acceptors (Lipinski definition) is 4. The summed E-state index contributed by atoms with van der Waals surface area (Å²) in [5, 5.41) is 3.39. The van der Waals surface area contributed by atoms with Crippen LogP contribution in [0.4, 0.5) is 0 Å². The highest BCUT2D eigenvalue weighted by Crippen LogP contribution is 2.12. The van der Waals surface area contributed by atoms with Gasteiger partial charge in [-0.2, -0.15) is 0 Å². The van der Waals surface area contributed by atoms with Gasteiger partial charge in [-0.05, 0) is 18.2 Å². The first-order valence-corrected chi connectivity index (χ1v) is 7.47. The second-order valence-electron chi connectivity index (χ2n) is 5.53. The molecule has 1 aliphatic rings. The van der Waals surface area contributed by atoms with Crippen LogP contribution in [0, 0.1) is 0 Å². The van der Waals surface area contributed by atoms with Gasteiger partial charge in [0.1, 0.15) is 0 Å². The molecule has 0 aromatic heterocycles. The van der Waals surface area contributed by atoms with E-state index in [1.165, 1.54) is 24.2 Å². The number of nitrogens with one attached hydrogen (secondary N) is 1. The van der Waals surface area contributed by atoms with Crippen LogP contribution in [0.1, 0.15) is 11.1 Å². The molecule has 2 rings (SSSR count). The van der Waals surface area contributed by atoms with E-state index in [1.54, 1.807) is 7.11 Å². The molecule has 0 spiro atoms. The molecule has 0 aliphatic carbocycles. The lowest BCUT2D eigenvalue weighted by molar-refractivity contribution is 0.181. The molecule has 1 heterocycles. The van der Waals surface area contributed by atoms with Gasteiger partial charge in [0.2, 0.25) is 0 Å². The van der Waals surface area contributed by atoms with Crippen molar-refractivity contribution < 1.29 is 4.74 Å². The van der Waals surface area contributed by atoms with Crippen molar-refractivity contribution in [3.63, 3.8) is 0 Å². The highest BCUT2D eigenvalue weighted by Gasteiger charge is 2.11. The number of likely N-dealkylation sites (N-methyl/N-ethyl adjacent to an activating group) is 1. The van der Waals surface area contributed by atoms with E-state index < -0.39 is 0 Å². The van der Waals surface area contributed by atoms with E-state index in [0.29, 0.717) is 6.61 Å². The molecular formula is C16H27N3O. The molecule has 0 saturated carbocycles. The molecule has 1 N–H and O–H groups in total. The third-order valence-electron chi connectivity index (χ3n) is 3.87. The van der Waals surface area contributed by atoms with Gasteiger partial charge in [0.15, 0.2) is 0 Å². The van der Waals surface area contributed by atoms with E-state index in [-0.39, 0.29) is 0 Å². The van der Waals surface area contributed by atoms with Gasteiger partial charge >= 0.3 is 0 Å². The van der Waals surface area contributed by atoms with Crippen LogP contribution < -0.4 is 5.32 Å². The number of rotatable bonds is 7. The lowest BCUT2D eigenvalue weighted by atomic mass is 10.1. The van der Waals surface area contributed by atoms with E-state index in [1.807, 2.05) is 0 Å². The summed E-state index contributed by atoms with van der Waals surface area (Å²) in [6, 6.07) is 8.55. The van der Waals surface area contributed by atoms with Crippen LogP contribution in [0.5, 0.6) is 0 Å². The molecule has 0 bridgehead atoms. The Bertz CT molecular complexity index is 391. The minimum atomic E-state index is 0.696. The number of methoxy groups -OCH3 is 1. The van der Waals surface area contributed by atoms with Crippen molar-refractivity contribution in [2.75, 3.05) is 53.4 Å². The average Bonchev–Trinajstić information content (AvgIpc) is 2.49. The first-order valence-electron chi connectivity index (χ1n) is 7.47. The molecule has 0 atom stereocenters. The summed E-state index contributed by atoms with van der Waals surface area (Å²) >= 11 is 0. The van der Waals surface area contributed by atoms with Crippen molar-refractivity contribution in [2.24, 2.45) is 0 Å². The molecule has 112 valence electrons. The third kappa shape index (κ3) is 4.87. The van der Waals surface area contributed by atoms with Crippen LogP contribution in [0.15, 0.2) is 24.3 Å². The second kappa shape index (κ2) is 8.37. The van der Waals surface area contributed by atoms with Gasteiger partial charge in [0.25, 0.3) is 0 Å². The largest absolute Gasteiger partial charge is 0.380 e. The van der Waals surface area contributed by atoms with Crippen LogP contribution in [0.25, 0.3) is 0 Å². The minimum Gasteiger partial charge on any atom is -0.380 e. The van der Waals surface area contributed by atoms with Crippen molar-refractivity contribution in [1.82, 2.24) is 15.1 Å². The Balaban J connectivity index is 1.79. The standard InChI is InChI=1S/C16H27N3O/c1-18(11-12-19-9-7-17-8-10-19)13-15-5-3-4-6-16(15)14-20-2/h3-6,17H,7-14H2,1-2H3. The molecule has 1 saturated heterocycles. The maximum atomic E-state index is 5.27. The molecule has 0 radical (unpaired) electrons. The molecule has 4 nitrogen and oxygen atoms in total. The van der Waals surface area contributed by atoms with Gasteiger partial charge in [-0.15, -0.1) is 0 Å². The highest BCUT2D eigenvalue weighted by atomic mass is 16.5. The zero-order valence-electron chi connectivity index (χ0n) is 12.8. The molecule has 1 aromatic carbocycles. The van der Waals surface area contributed by atoms with E-state index in [4.69, 9.17) is 4.74 Å². The smallest absolute Gasteiger partial charge is 0.0716 e. The quantitative estimate of drug-likeness (QED) is 0.810. The fraction of sp³-hybridized carbons (Fsp3) is 0.625. The summed E-state index contributed by atoms with van der Waals surface area (Å²) in [5.74, 6) is 0. The summed E-state index contributed by atoms with van der Waals surface area (Å²) in [7, 11) is 3.96. The zero-order chi connectivity index (χ0) is 14.2. The van der Waals surface area contributed by atoms with E-state index in [0.717, 1.165) is 32.7 Å². The van der Waals surface area contributed by atoms with E-state index in [2.05, 4.69) is 46.4 Å². The van der Waals surface area contributed by atoms with Crippen LogP contribution in [0.2, 0.25) is 0 Å². The van der Waals surface area contributed by atoms with Gasteiger partial charge in [-0.1, -0.05) is 24.3 Å². The number of hydrogen-bond donors (Lipinski definition) is 1. The predicted molar refractivity (Wildman–Crippen MR) is 82.8 cm³/mol. The number of nitrogens with zero attached hydrogens (tertiary/aromatic N) is 2. The van der Waals surface area contributed by atoms with E-state index in [9.17, 15) is 0 Å². The lowest BCUT2D eigenvalue weighted by Gasteiger charge is -2.29. The average molecular weight is 277 g/mol. The van der Waals surface area contributed by atoms with Gasteiger partial charge in [0, 0.05) is 52.9 Å². The maximum Gasteiger partial charge on any atom is 0.0716 e. The van der Waals surface area contributed by atoms with Gasteiger partial charge in [-0.3, -0.25) is 4.90 Å². The predicted octanol–water partition coefficient (Wildman–Crippen LogP) is 1.17. The summed E-state index contributed by atoms with van der Waals surface area (Å²) < 4.78 is 5.27. The first-order chi connectivity index (χ1) is 9.79. The Labute approximate surface area is 122 Å². The van der Waals surface area contributed by atoms with Gasteiger partial charge < -0.3 is 15.0 Å². The summed E-state index contributed by atoms with van der Waals surface area (Å²) in [4.78, 5) is 4.94. The van der Waals surface area contributed by atoms with Crippen molar-refractivity contribution in [3.8, 4) is 0 Å². The Morgan fingerprint density at radius 2 is 1.90 bits per heavy atom. The van der Waals surface area contributed by atoms with Crippen LogP contribution >= 0.6 is 0 Å². The van der Waals surface area contributed by atoms with Crippen molar-refractivity contribution in [3.05, 3.63) is 35.4 Å². The fourth-order valence-corrected chi connectivity index (χ4v) is 2.62. The Morgan fingerprint density at radius 1 is 1.20 bits per heavy atom. The molecule has 20 heavy (non-hydrogen) atoms. The number of piperazine rings is 1. The summed E-state index contributed by atoms with van der Waals surface area (Å²) in [6.07, 6.45) is 0. The molecule has 1 fully saturated rings. The molecule has 0 amide bonds. The summed E-state index contributed by atoms with van der Waals surface area (Å²) in [6.45, 7) is 8.56. The zero-order valence-corrected chi connectivity index (χ0v) is 12.8. The summed E-state index contributed by atoms with van der Waals surface area (Å²) in [5.41, 5.74) is 2.67.